The standard InChI is InChI=1S/C12H8O.C6H12O3/c1-2-4-10(5-3-1)13-12-8-9-6-7-11(9)12;1-5(7)3-4-9-6(2)8/h1-8H;5,7H,3-4H2,1-2H3. The van der Waals surface area contributed by atoms with Crippen molar-refractivity contribution in [2.24, 2.45) is 0 Å². The summed E-state index contributed by atoms with van der Waals surface area (Å²) in [5.41, 5.74) is 0. The minimum absolute atomic E-state index is 0.296. The van der Waals surface area contributed by atoms with E-state index in [1.54, 1.807) is 6.92 Å². The summed E-state index contributed by atoms with van der Waals surface area (Å²) in [5, 5.41) is 11.2. The first kappa shape index (κ1) is 16.0. The minimum atomic E-state index is -0.385. The third kappa shape index (κ3) is 4.60. The van der Waals surface area contributed by atoms with Crippen molar-refractivity contribution in [2.75, 3.05) is 6.61 Å². The molecule has 4 heteroatoms. The van der Waals surface area contributed by atoms with Crippen LogP contribution in [0.4, 0.5) is 0 Å². The molecule has 1 aromatic carbocycles. The maximum atomic E-state index is 10.1. The number of benzene rings is 2. The van der Waals surface area contributed by atoms with Gasteiger partial charge in [-0.3, -0.25) is 4.79 Å². The van der Waals surface area contributed by atoms with Crippen molar-refractivity contribution in [1.29, 1.82) is 0 Å². The highest BCUT2D eigenvalue weighted by atomic mass is 16.5. The molecule has 22 heavy (non-hydrogen) atoms. The largest absolute Gasteiger partial charge is 0.466 e. The molecular formula is C18H20O4. The van der Waals surface area contributed by atoms with Crippen LogP contribution in [0.5, 0.6) is 11.5 Å². The number of esters is 1. The van der Waals surface area contributed by atoms with Crippen molar-refractivity contribution >= 4 is 5.97 Å². The second-order valence-electron chi connectivity index (χ2n) is 5.10. The van der Waals surface area contributed by atoms with E-state index < -0.39 is 0 Å². The highest BCUT2D eigenvalue weighted by Gasteiger charge is 2.07. The van der Waals surface area contributed by atoms with Crippen LogP contribution in [-0.2, 0) is 9.53 Å². The summed E-state index contributed by atoms with van der Waals surface area (Å²) in [7, 11) is 0. The number of hydrogen-bond donors (Lipinski definition) is 1. The smallest absolute Gasteiger partial charge is 0.302 e. The summed E-state index contributed by atoms with van der Waals surface area (Å²) in [5.74, 6) is 1.60. The average molecular weight is 300 g/mol. The van der Waals surface area contributed by atoms with Crippen molar-refractivity contribution in [3.63, 3.8) is 0 Å². The molecule has 0 fully saturated rings. The molecule has 1 N–H and O–H groups in total. The van der Waals surface area contributed by atoms with Gasteiger partial charge in [-0.15, -0.1) is 0 Å². The topological polar surface area (TPSA) is 55.8 Å². The SMILES string of the molecule is CC(=O)OCCC(C)O.c1ccc(Oc2cc3ccc2=3)cc1. The Morgan fingerprint density at radius 3 is 2.36 bits per heavy atom. The molecule has 3 rings (SSSR count). The summed E-state index contributed by atoms with van der Waals surface area (Å²) in [6.45, 7) is 3.32. The first-order valence-corrected chi connectivity index (χ1v) is 7.25. The third-order valence-electron chi connectivity index (χ3n) is 3.10. The molecule has 0 radical (unpaired) electrons. The maximum absolute atomic E-state index is 10.1. The Balaban J connectivity index is 0.000000175. The molecule has 0 saturated heterocycles. The van der Waals surface area contributed by atoms with Gasteiger partial charge in [0, 0.05) is 18.6 Å². The van der Waals surface area contributed by atoms with Crippen LogP contribution in [0.15, 0.2) is 48.5 Å². The monoisotopic (exact) mass is 300 g/mol. The van der Waals surface area contributed by atoms with E-state index in [2.05, 4.69) is 22.9 Å². The fourth-order valence-corrected chi connectivity index (χ4v) is 1.83. The van der Waals surface area contributed by atoms with Gasteiger partial charge in [0.15, 0.2) is 0 Å². The van der Waals surface area contributed by atoms with Crippen molar-refractivity contribution in [3.05, 3.63) is 59.0 Å². The zero-order valence-electron chi connectivity index (χ0n) is 12.8. The highest BCUT2D eigenvalue weighted by molar-refractivity contribution is 5.65. The molecule has 0 bridgehead atoms. The summed E-state index contributed by atoms with van der Waals surface area (Å²) >= 11 is 0. The van der Waals surface area contributed by atoms with Crippen LogP contribution in [0.1, 0.15) is 20.3 Å². The van der Waals surface area contributed by atoms with E-state index in [0.29, 0.717) is 13.0 Å². The lowest BCUT2D eigenvalue weighted by Crippen LogP contribution is -2.07. The molecule has 1 unspecified atom stereocenters. The predicted molar refractivity (Wildman–Crippen MR) is 83.6 cm³/mol. The van der Waals surface area contributed by atoms with Gasteiger partial charge in [-0.05, 0) is 30.3 Å². The maximum Gasteiger partial charge on any atom is 0.302 e. The van der Waals surface area contributed by atoms with Gasteiger partial charge < -0.3 is 14.6 Å². The molecule has 1 aromatic rings. The normalized spacial score (nSPS) is 11.8. The Bertz CT molecular complexity index is 708. The minimum Gasteiger partial charge on any atom is -0.466 e. The molecule has 0 saturated carbocycles. The molecule has 0 heterocycles. The Hall–Kier alpha value is -2.33. The van der Waals surface area contributed by atoms with Gasteiger partial charge in [0.1, 0.15) is 11.5 Å². The van der Waals surface area contributed by atoms with Crippen LogP contribution in [0, 0.1) is 10.4 Å². The van der Waals surface area contributed by atoms with Gasteiger partial charge in [0.25, 0.3) is 0 Å². The molecule has 2 aliphatic rings. The van der Waals surface area contributed by atoms with Gasteiger partial charge in [0.2, 0.25) is 0 Å². The first-order chi connectivity index (χ1) is 10.6. The van der Waals surface area contributed by atoms with Crippen LogP contribution in [-0.4, -0.2) is 23.8 Å². The molecule has 0 aliphatic heterocycles. The van der Waals surface area contributed by atoms with E-state index in [4.69, 9.17) is 9.84 Å². The first-order valence-electron chi connectivity index (χ1n) is 7.25. The summed E-state index contributed by atoms with van der Waals surface area (Å²) < 4.78 is 10.2. The van der Waals surface area contributed by atoms with Crippen LogP contribution >= 0.6 is 0 Å². The zero-order valence-corrected chi connectivity index (χ0v) is 12.8. The van der Waals surface area contributed by atoms with Gasteiger partial charge in [0.05, 0.1) is 12.7 Å². The van der Waals surface area contributed by atoms with E-state index in [1.165, 1.54) is 17.4 Å². The lowest BCUT2D eigenvalue weighted by atomic mass is 10.1. The Morgan fingerprint density at radius 2 is 1.91 bits per heavy atom. The Labute approximate surface area is 129 Å². The van der Waals surface area contributed by atoms with Crippen LogP contribution in [0.25, 0.3) is 0 Å². The number of carbonyl (C=O) groups is 1. The number of rotatable bonds is 5. The Morgan fingerprint density at radius 1 is 1.18 bits per heavy atom. The van der Waals surface area contributed by atoms with Gasteiger partial charge in [-0.1, -0.05) is 30.3 Å². The second kappa shape index (κ2) is 7.61. The van der Waals surface area contributed by atoms with Crippen molar-refractivity contribution in [2.45, 2.75) is 26.4 Å². The van der Waals surface area contributed by atoms with E-state index in [1.807, 2.05) is 30.3 Å². The lowest BCUT2D eigenvalue weighted by Gasteiger charge is -2.12. The molecule has 2 aliphatic carbocycles. The molecule has 1 atom stereocenters. The summed E-state index contributed by atoms with van der Waals surface area (Å²) in [4.78, 5) is 10.1. The zero-order chi connectivity index (χ0) is 15.9. The molecule has 0 aromatic heterocycles. The second-order valence-corrected chi connectivity index (χ2v) is 5.10. The molecule has 0 spiro atoms. The number of aliphatic hydroxyl groups is 1. The molecule has 116 valence electrons. The quantitative estimate of drug-likeness (QED) is 0.734. The highest BCUT2D eigenvalue weighted by Crippen LogP contribution is 2.28. The van der Waals surface area contributed by atoms with Crippen molar-refractivity contribution < 1.29 is 19.4 Å². The van der Waals surface area contributed by atoms with Gasteiger partial charge in [-0.25, -0.2) is 0 Å². The van der Waals surface area contributed by atoms with Crippen LogP contribution in [0.2, 0.25) is 0 Å². The lowest BCUT2D eigenvalue weighted by molar-refractivity contribution is -0.141. The number of ether oxygens (including phenoxy) is 2. The number of carbonyl (C=O) groups excluding carboxylic acids is 1. The van der Waals surface area contributed by atoms with Crippen LogP contribution in [0.3, 0.4) is 0 Å². The number of hydrogen-bond acceptors (Lipinski definition) is 4. The van der Waals surface area contributed by atoms with Gasteiger partial charge >= 0.3 is 5.97 Å². The fraction of sp³-hybridized carbons (Fsp3) is 0.278. The molecule has 0 amide bonds. The van der Waals surface area contributed by atoms with E-state index in [-0.39, 0.29) is 12.1 Å². The number of para-hydroxylation sites is 1. The Kier molecular flexibility index (Phi) is 5.55. The van der Waals surface area contributed by atoms with E-state index >= 15 is 0 Å². The summed E-state index contributed by atoms with van der Waals surface area (Å²) in [6, 6.07) is 16.1. The average Bonchev–Trinajstić information content (AvgIpc) is 2.45. The molecule has 4 nitrogen and oxygen atoms in total. The number of aliphatic hydroxyl groups excluding tert-OH is 1. The third-order valence-corrected chi connectivity index (χ3v) is 3.10. The van der Waals surface area contributed by atoms with Gasteiger partial charge in [-0.2, -0.15) is 0 Å². The van der Waals surface area contributed by atoms with Crippen molar-refractivity contribution in [3.8, 4) is 11.5 Å². The summed E-state index contributed by atoms with van der Waals surface area (Å²) in [6.07, 6.45) is 0.129. The fourth-order valence-electron chi connectivity index (χ4n) is 1.83. The molecular weight excluding hydrogens is 280 g/mol. The van der Waals surface area contributed by atoms with Crippen molar-refractivity contribution in [1.82, 2.24) is 0 Å². The van der Waals surface area contributed by atoms with E-state index in [9.17, 15) is 4.79 Å². The van der Waals surface area contributed by atoms with E-state index in [0.717, 1.165) is 11.5 Å². The van der Waals surface area contributed by atoms with Crippen LogP contribution < -0.4 is 4.74 Å². The predicted octanol–water partition coefficient (Wildman–Crippen LogP) is 3.40.